The Morgan fingerprint density at radius 1 is 1.09 bits per heavy atom. The molecule has 182 valence electrons. The predicted octanol–water partition coefficient (Wildman–Crippen LogP) is 3.98. The van der Waals surface area contributed by atoms with Crippen molar-refractivity contribution in [3.8, 4) is 0 Å². The van der Waals surface area contributed by atoms with E-state index in [1.807, 2.05) is 36.1 Å². The molecule has 3 amide bonds. The minimum absolute atomic E-state index is 0.0127. The number of amides is 3. The van der Waals surface area contributed by atoms with Crippen molar-refractivity contribution in [2.45, 2.75) is 58.8 Å². The molecule has 1 atom stereocenters. The average molecular weight is 484 g/mol. The lowest BCUT2D eigenvalue weighted by Crippen LogP contribution is -2.44. The van der Waals surface area contributed by atoms with Crippen LogP contribution in [0, 0.1) is 18.8 Å². The molecule has 8 nitrogen and oxygen atoms in total. The first-order valence-electron chi connectivity index (χ1n) is 12.2. The predicted molar refractivity (Wildman–Crippen MR) is 133 cm³/mol. The molecule has 0 aliphatic carbocycles. The summed E-state index contributed by atoms with van der Waals surface area (Å²) in [5, 5.41) is 12.8. The van der Waals surface area contributed by atoms with Crippen molar-refractivity contribution in [2.24, 2.45) is 11.8 Å². The summed E-state index contributed by atoms with van der Waals surface area (Å²) in [5.74, 6) is -0.160. The van der Waals surface area contributed by atoms with E-state index in [1.54, 1.807) is 4.90 Å². The van der Waals surface area contributed by atoms with Crippen LogP contribution in [0.1, 0.15) is 62.4 Å². The van der Waals surface area contributed by atoms with Crippen LogP contribution in [0.2, 0.25) is 0 Å². The fourth-order valence-electron chi connectivity index (χ4n) is 4.76. The average Bonchev–Trinajstić information content (AvgIpc) is 3.47. The Labute approximate surface area is 204 Å². The monoisotopic (exact) mass is 483 g/mol. The third-order valence-corrected chi connectivity index (χ3v) is 8.00. The van der Waals surface area contributed by atoms with Crippen LogP contribution in [0.4, 0.5) is 10.8 Å². The number of anilines is 2. The zero-order valence-electron chi connectivity index (χ0n) is 20.1. The fraction of sp³-hybridized carbons (Fsp3) is 0.560. The SMILES string of the molecule is CCC(CC)c1nnc(NC(=O)C2CCN(C(=O)[C@H]3CC(=O)N(c4ccc(C)cc4)C3)CC2)s1. The van der Waals surface area contributed by atoms with Gasteiger partial charge in [-0.3, -0.25) is 14.4 Å². The normalized spacial score (nSPS) is 19.2. The number of rotatable bonds is 7. The van der Waals surface area contributed by atoms with E-state index in [2.05, 4.69) is 29.4 Å². The van der Waals surface area contributed by atoms with Gasteiger partial charge in [0.05, 0.1) is 5.92 Å². The van der Waals surface area contributed by atoms with Crippen molar-refractivity contribution in [2.75, 3.05) is 29.9 Å². The standard InChI is InChI=1S/C25H33N5O3S/c1-4-17(5-2)23-27-28-25(34-23)26-22(32)18-10-12-29(13-11-18)24(33)19-14-21(31)30(15-19)20-8-6-16(3)7-9-20/h6-9,17-19H,4-5,10-15H2,1-3H3,(H,26,28,32)/t19-/m0/s1. The molecule has 34 heavy (non-hydrogen) atoms. The molecule has 2 fully saturated rings. The number of aryl methyl sites for hydroxylation is 1. The van der Waals surface area contributed by atoms with Gasteiger partial charge in [0.25, 0.3) is 0 Å². The maximum atomic E-state index is 13.1. The summed E-state index contributed by atoms with van der Waals surface area (Å²) in [6.07, 6.45) is 3.46. The number of hydrogen-bond donors (Lipinski definition) is 1. The smallest absolute Gasteiger partial charge is 0.229 e. The lowest BCUT2D eigenvalue weighted by atomic mass is 9.94. The molecule has 0 bridgehead atoms. The highest BCUT2D eigenvalue weighted by molar-refractivity contribution is 7.15. The maximum absolute atomic E-state index is 13.1. The van der Waals surface area contributed by atoms with E-state index in [4.69, 9.17) is 0 Å². The van der Waals surface area contributed by atoms with Gasteiger partial charge >= 0.3 is 0 Å². The van der Waals surface area contributed by atoms with Crippen LogP contribution in [-0.4, -0.2) is 52.5 Å². The van der Waals surface area contributed by atoms with E-state index >= 15 is 0 Å². The van der Waals surface area contributed by atoms with Gasteiger partial charge in [-0.15, -0.1) is 10.2 Å². The van der Waals surface area contributed by atoms with Crippen molar-refractivity contribution >= 4 is 39.9 Å². The van der Waals surface area contributed by atoms with Crippen molar-refractivity contribution in [3.05, 3.63) is 34.8 Å². The molecule has 0 unspecified atom stereocenters. The molecule has 0 saturated carbocycles. The summed E-state index contributed by atoms with van der Waals surface area (Å²) in [6.45, 7) is 7.74. The van der Waals surface area contributed by atoms with Crippen LogP contribution >= 0.6 is 11.3 Å². The molecule has 2 aromatic rings. The third kappa shape index (κ3) is 5.29. The number of aromatic nitrogens is 2. The van der Waals surface area contributed by atoms with Crippen LogP contribution < -0.4 is 10.2 Å². The van der Waals surface area contributed by atoms with E-state index in [-0.39, 0.29) is 36.0 Å². The molecule has 9 heteroatoms. The summed E-state index contributed by atoms with van der Waals surface area (Å²) in [6, 6.07) is 7.80. The summed E-state index contributed by atoms with van der Waals surface area (Å²) >= 11 is 1.45. The summed E-state index contributed by atoms with van der Waals surface area (Å²) in [7, 11) is 0. The lowest BCUT2D eigenvalue weighted by molar-refractivity contribution is -0.138. The molecule has 0 spiro atoms. The Bertz CT molecular complexity index is 1030. The first-order chi connectivity index (χ1) is 16.4. The number of piperidine rings is 1. The van der Waals surface area contributed by atoms with E-state index in [1.165, 1.54) is 11.3 Å². The highest BCUT2D eigenvalue weighted by atomic mass is 32.1. The summed E-state index contributed by atoms with van der Waals surface area (Å²) < 4.78 is 0. The van der Waals surface area contributed by atoms with Crippen LogP contribution in [-0.2, 0) is 14.4 Å². The van der Waals surface area contributed by atoms with Crippen molar-refractivity contribution in [1.29, 1.82) is 0 Å². The van der Waals surface area contributed by atoms with Crippen LogP contribution in [0.15, 0.2) is 24.3 Å². The quantitative estimate of drug-likeness (QED) is 0.643. The van der Waals surface area contributed by atoms with E-state index < -0.39 is 0 Å². The molecule has 2 saturated heterocycles. The largest absolute Gasteiger partial charge is 0.342 e. The molecule has 4 rings (SSSR count). The number of benzene rings is 1. The first kappa shape index (κ1) is 24.3. The summed E-state index contributed by atoms with van der Waals surface area (Å²) in [4.78, 5) is 41.9. The molecule has 1 N–H and O–H groups in total. The number of nitrogens with zero attached hydrogens (tertiary/aromatic N) is 4. The molecule has 2 aliphatic rings. The minimum Gasteiger partial charge on any atom is -0.342 e. The van der Waals surface area contributed by atoms with E-state index in [9.17, 15) is 14.4 Å². The Morgan fingerprint density at radius 2 is 1.76 bits per heavy atom. The Hall–Kier alpha value is -2.81. The molecule has 1 aromatic heterocycles. The molecule has 2 aliphatic heterocycles. The molecular weight excluding hydrogens is 450 g/mol. The molecule has 1 aromatic carbocycles. The Balaban J connectivity index is 1.28. The first-order valence-corrected chi connectivity index (χ1v) is 13.0. The highest BCUT2D eigenvalue weighted by Gasteiger charge is 2.38. The van der Waals surface area contributed by atoms with E-state index in [0.29, 0.717) is 43.5 Å². The topological polar surface area (TPSA) is 95.5 Å². The zero-order valence-corrected chi connectivity index (χ0v) is 20.9. The fourth-order valence-corrected chi connectivity index (χ4v) is 5.78. The van der Waals surface area contributed by atoms with Gasteiger partial charge < -0.3 is 15.1 Å². The highest BCUT2D eigenvalue weighted by Crippen LogP contribution is 2.30. The van der Waals surface area contributed by atoms with Gasteiger partial charge in [0.15, 0.2) is 0 Å². The van der Waals surface area contributed by atoms with Crippen LogP contribution in [0.25, 0.3) is 0 Å². The van der Waals surface area contributed by atoms with Gasteiger partial charge in [0.2, 0.25) is 22.9 Å². The third-order valence-electron chi connectivity index (χ3n) is 7.00. The van der Waals surface area contributed by atoms with Gasteiger partial charge in [-0.2, -0.15) is 0 Å². The second-order valence-corrected chi connectivity index (χ2v) is 10.3. The maximum Gasteiger partial charge on any atom is 0.229 e. The minimum atomic E-state index is -0.330. The number of nitrogens with one attached hydrogen (secondary N) is 1. The second-order valence-electron chi connectivity index (χ2n) is 9.29. The number of carbonyl (C=O) groups excluding carboxylic acids is 3. The molecule has 0 radical (unpaired) electrons. The van der Waals surface area contributed by atoms with Gasteiger partial charge in [-0.1, -0.05) is 42.9 Å². The van der Waals surface area contributed by atoms with Crippen LogP contribution in [0.5, 0.6) is 0 Å². The van der Waals surface area contributed by atoms with Crippen molar-refractivity contribution in [1.82, 2.24) is 15.1 Å². The van der Waals surface area contributed by atoms with Crippen molar-refractivity contribution < 1.29 is 14.4 Å². The number of hydrogen-bond acceptors (Lipinski definition) is 6. The van der Waals surface area contributed by atoms with Crippen molar-refractivity contribution in [3.63, 3.8) is 0 Å². The Morgan fingerprint density at radius 3 is 2.41 bits per heavy atom. The summed E-state index contributed by atoms with van der Waals surface area (Å²) in [5.41, 5.74) is 1.97. The Kier molecular flexibility index (Phi) is 7.60. The zero-order chi connectivity index (χ0) is 24.2. The molecule has 3 heterocycles. The van der Waals surface area contributed by atoms with Gasteiger partial charge in [0.1, 0.15) is 5.01 Å². The van der Waals surface area contributed by atoms with Gasteiger partial charge in [-0.05, 0) is 44.7 Å². The lowest BCUT2D eigenvalue weighted by Gasteiger charge is -2.32. The second kappa shape index (κ2) is 10.6. The number of likely N-dealkylation sites (tertiary alicyclic amines) is 1. The molecular formula is C25H33N5O3S. The van der Waals surface area contributed by atoms with Crippen LogP contribution in [0.3, 0.4) is 0 Å². The van der Waals surface area contributed by atoms with Gasteiger partial charge in [-0.25, -0.2) is 0 Å². The van der Waals surface area contributed by atoms with E-state index in [0.717, 1.165) is 29.1 Å². The number of carbonyl (C=O) groups is 3. The van der Waals surface area contributed by atoms with Gasteiger partial charge in [0, 0.05) is 43.6 Å².